The standard InChI is InChI=1S/C15H16N2O3/c16-15(20)14(19)13(18)11-8-4-5-9-12(11)17-10-6-2-1-3-7-10/h1-9,13-14,17-19H,(H2,16,20). The Morgan fingerprint density at radius 3 is 2.25 bits per heavy atom. The van der Waals surface area contributed by atoms with E-state index in [2.05, 4.69) is 5.32 Å². The molecule has 0 saturated heterocycles. The summed E-state index contributed by atoms with van der Waals surface area (Å²) in [6.07, 6.45) is -3.02. The number of carbonyl (C=O) groups is 1. The van der Waals surface area contributed by atoms with E-state index < -0.39 is 18.1 Å². The highest BCUT2D eigenvalue weighted by molar-refractivity contribution is 5.80. The lowest BCUT2D eigenvalue weighted by Gasteiger charge is -2.19. The largest absolute Gasteiger partial charge is 0.385 e. The van der Waals surface area contributed by atoms with E-state index in [0.717, 1.165) is 5.69 Å². The van der Waals surface area contributed by atoms with E-state index in [1.807, 2.05) is 30.3 Å². The number of anilines is 2. The number of nitrogens with two attached hydrogens (primary N) is 1. The number of para-hydroxylation sites is 2. The van der Waals surface area contributed by atoms with E-state index in [0.29, 0.717) is 11.3 Å². The molecule has 5 heteroatoms. The van der Waals surface area contributed by atoms with Crippen LogP contribution in [-0.4, -0.2) is 22.2 Å². The highest BCUT2D eigenvalue weighted by atomic mass is 16.3. The third-order valence-corrected chi connectivity index (χ3v) is 2.92. The van der Waals surface area contributed by atoms with Crippen molar-refractivity contribution in [2.24, 2.45) is 5.73 Å². The first-order chi connectivity index (χ1) is 9.59. The molecule has 1 amide bonds. The molecule has 0 aromatic heterocycles. The highest BCUT2D eigenvalue weighted by Crippen LogP contribution is 2.27. The molecule has 20 heavy (non-hydrogen) atoms. The van der Waals surface area contributed by atoms with Crippen LogP contribution in [0.3, 0.4) is 0 Å². The van der Waals surface area contributed by atoms with Gasteiger partial charge in [0.1, 0.15) is 6.10 Å². The van der Waals surface area contributed by atoms with Crippen LogP contribution in [0.1, 0.15) is 11.7 Å². The minimum absolute atomic E-state index is 0.405. The maximum atomic E-state index is 11.0. The maximum absolute atomic E-state index is 11.0. The number of aliphatic hydroxyl groups is 2. The van der Waals surface area contributed by atoms with Gasteiger partial charge in [-0.2, -0.15) is 0 Å². The van der Waals surface area contributed by atoms with Gasteiger partial charge in [-0.3, -0.25) is 4.79 Å². The Morgan fingerprint density at radius 2 is 1.60 bits per heavy atom. The van der Waals surface area contributed by atoms with E-state index in [1.54, 1.807) is 24.3 Å². The zero-order valence-electron chi connectivity index (χ0n) is 10.7. The molecule has 0 radical (unpaired) electrons. The number of aliphatic hydroxyl groups excluding tert-OH is 2. The number of rotatable bonds is 5. The molecule has 0 saturated carbocycles. The fraction of sp³-hybridized carbons (Fsp3) is 0.133. The first-order valence-electron chi connectivity index (χ1n) is 6.16. The number of hydrogen-bond acceptors (Lipinski definition) is 4. The molecule has 5 nitrogen and oxygen atoms in total. The van der Waals surface area contributed by atoms with Crippen LogP contribution in [0.25, 0.3) is 0 Å². The monoisotopic (exact) mass is 272 g/mol. The first-order valence-corrected chi connectivity index (χ1v) is 6.16. The second kappa shape index (κ2) is 6.18. The van der Waals surface area contributed by atoms with Gasteiger partial charge in [0.05, 0.1) is 0 Å². The van der Waals surface area contributed by atoms with Gasteiger partial charge in [0, 0.05) is 16.9 Å². The van der Waals surface area contributed by atoms with Gasteiger partial charge >= 0.3 is 0 Å². The lowest BCUT2D eigenvalue weighted by atomic mass is 10.0. The average Bonchev–Trinajstić information content (AvgIpc) is 2.47. The minimum atomic E-state index is -1.64. The van der Waals surface area contributed by atoms with Gasteiger partial charge in [-0.25, -0.2) is 0 Å². The Bertz CT molecular complexity index is 587. The number of carbonyl (C=O) groups excluding carboxylic acids is 1. The van der Waals surface area contributed by atoms with Crippen LogP contribution in [0.4, 0.5) is 11.4 Å². The van der Waals surface area contributed by atoms with E-state index in [9.17, 15) is 15.0 Å². The number of benzene rings is 2. The predicted molar refractivity (Wildman–Crippen MR) is 76.3 cm³/mol. The summed E-state index contributed by atoms with van der Waals surface area (Å²) >= 11 is 0. The van der Waals surface area contributed by atoms with E-state index in [1.165, 1.54) is 0 Å². The molecular weight excluding hydrogens is 256 g/mol. The molecule has 0 fully saturated rings. The van der Waals surface area contributed by atoms with Crippen LogP contribution < -0.4 is 11.1 Å². The van der Waals surface area contributed by atoms with Gasteiger partial charge in [-0.1, -0.05) is 36.4 Å². The summed E-state index contributed by atoms with van der Waals surface area (Å²) in [6.45, 7) is 0. The maximum Gasteiger partial charge on any atom is 0.249 e. The molecule has 2 aromatic carbocycles. The molecule has 0 aliphatic carbocycles. The van der Waals surface area contributed by atoms with Crippen LogP contribution in [0, 0.1) is 0 Å². The fourth-order valence-corrected chi connectivity index (χ4v) is 1.87. The molecule has 0 aliphatic heterocycles. The lowest BCUT2D eigenvalue weighted by Crippen LogP contribution is -2.34. The topological polar surface area (TPSA) is 95.6 Å². The molecule has 0 bridgehead atoms. The smallest absolute Gasteiger partial charge is 0.249 e. The zero-order valence-corrected chi connectivity index (χ0v) is 10.7. The van der Waals surface area contributed by atoms with Crippen molar-refractivity contribution in [3.63, 3.8) is 0 Å². The van der Waals surface area contributed by atoms with Gasteiger partial charge in [0.15, 0.2) is 6.10 Å². The first kappa shape index (κ1) is 14.0. The van der Waals surface area contributed by atoms with Gasteiger partial charge in [-0.05, 0) is 18.2 Å². The van der Waals surface area contributed by atoms with Gasteiger partial charge in [0.2, 0.25) is 5.91 Å². The average molecular weight is 272 g/mol. The molecule has 0 heterocycles. The second-order valence-corrected chi connectivity index (χ2v) is 4.37. The Morgan fingerprint density at radius 1 is 1.00 bits per heavy atom. The predicted octanol–water partition coefficient (Wildman–Crippen LogP) is 1.31. The molecular formula is C15H16N2O3. The summed E-state index contributed by atoms with van der Waals surface area (Å²) in [6, 6.07) is 16.3. The van der Waals surface area contributed by atoms with Crippen LogP contribution in [0.5, 0.6) is 0 Å². The van der Waals surface area contributed by atoms with Crippen LogP contribution >= 0.6 is 0 Å². The third-order valence-electron chi connectivity index (χ3n) is 2.92. The number of amides is 1. The number of hydrogen-bond donors (Lipinski definition) is 4. The second-order valence-electron chi connectivity index (χ2n) is 4.37. The number of nitrogens with one attached hydrogen (secondary N) is 1. The van der Waals surface area contributed by atoms with Crippen molar-refractivity contribution in [2.45, 2.75) is 12.2 Å². The normalized spacial score (nSPS) is 13.5. The highest BCUT2D eigenvalue weighted by Gasteiger charge is 2.25. The molecule has 2 aromatic rings. The van der Waals surface area contributed by atoms with Crippen molar-refractivity contribution in [2.75, 3.05) is 5.32 Å². The lowest BCUT2D eigenvalue weighted by molar-refractivity contribution is -0.131. The van der Waals surface area contributed by atoms with Gasteiger partial charge in [0.25, 0.3) is 0 Å². The quantitative estimate of drug-likeness (QED) is 0.660. The Labute approximate surface area is 116 Å². The molecule has 0 spiro atoms. The Balaban J connectivity index is 2.29. The Kier molecular flexibility index (Phi) is 4.34. The molecule has 2 rings (SSSR count). The van der Waals surface area contributed by atoms with Crippen LogP contribution in [0.2, 0.25) is 0 Å². The van der Waals surface area contributed by atoms with Crippen LogP contribution in [0.15, 0.2) is 54.6 Å². The van der Waals surface area contributed by atoms with Gasteiger partial charge in [-0.15, -0.1) is 0 Å². The zero-order chi connectivity index (χ0) is 14.5. The van der Waals surface area contributed by atoms with Crippen molar-refractivity contribution in [3.05, 3.63) is 60.2 Å². The summed E-state index contributed by atoms with van der Waals surface area (Å²) in [5.41, 5.74) is 6.85. The minimum Gasteiger partial charge on any atom is -0.385 e. The van der Waals surface area contributed by atoms with Crippen molar-refractivity contribution < 1.29 is 15.0 Å². The van der Waals surface area contributed by atoms with E-state index in [-0.39, 0.29) is 0 Å². The van der Waals surface area contributed by atoms with Crippen molar-refractivity contribution in [1.29, 1.82) is 0 Å². The summed E-state index contributed by atoms with van der Waals surface area (Å²) in [7, 11) is 0. The van der Waals surface area contributed by atoms with Crippen molar-refractivity contribution in [3.8, 4) is 0 Å². The van der Waals surface area contributed by atoms with E-state index >= 15 is 0 Å². The summed E-state index contributed by atoms with van der Waals surface area (Å²) in [5.74, 6) is -0.966. The molecule has 104 valence electrons. The Hall–Kier alpha value is -2.37. The van der Waals surface area contributed by atoms with Gasteiger partial charge < -0.3 is 21.3 Å². The molecule has 2 unspecified atom stereocenters. The molecule has 2 atom stereocenters. The van der Waals surface area contributed by atoms with Crippen molar-refractivity contribution >= 4 is 17.3 Å². The third kappa shape index (κ3) is 3.14. The SMILES string of the molecule is NC(=O)C(O)C(O)c1ccccc1Nc1ccccc1. The summed E-state index contributed by atoms with van der Waals surface area (Å²) in [4.78, 5) is 11.0. The molecule has 0 aliphatic rings. The number of primary amides is 1. The molecule has 5 N–H and O–H groups in total. The summed E-state index contributed by atoms with van der Waals surface area (Å²) in [5, 5.41) is 22.7. The fourth-order valence-electron chi connectivity index (χ4n) is 1.87. The van der Waals surface area contributed by atoms with Crippen molar-refractivity contribution in [1.82, 2.24) is 0 Å². The van der Waals surface area contributed by atoms with Crippen LogP contribution in [-0.2, 0) is 4.79 Å². The summed E-state index contributed by atoms with van der Waals surface area (Å²) < 4.78 is 0. The van der Waals surface area contributed by atoms with E-state index in [4.69, 9.17) is 5.73 Å².